The second-order valence-corrected chi connectivity index (χ2v) is 7.64. The van der Waals surface area contributed by atoms with Crippen molar-refractivity contribution in [2.45, 2.75) is 68.3 Å². The molecule has 0 bridgehead atoms. The molecule has 1 aromatic heterocycles. The number of nitrogens with zero attached hydrogens (tertiary/aromatic N) is 2. The first-order valence-electron chi connectivity index (χ1n) is 7.50. The number of aromatic nitrogens is 2. The Labute approximate surface area is 126 Å². The first-order valence-corrected chi connectivity index (χ1v) is 8.38. The zero-order valence-corrected chi connectivity index (χ0v) is 13.8. The Morgan fingerprint density at radius 3 is 2.90 bits per heavy atom. The number of hydrogen-bond acceptors (Lipinski definition) is 4. The molecular weight excluding hydrogens is 270 g/mol. The predicted octanol–water partition coefficient (Wildman–Crippen LogP) is 2.49. The van der Waals surface area contributed by atoms with Crippen LogP contribution in [0, 0.1) is 6.92 Å². The standard InChI is InChI=1S/C15H27N3OS/c1-11(2)16-15(10-19)7-5-6-13(9-15)20-14-8-12(3)17-18(14)4/h8,11,13,16,19H,5-7,9-10H2,1-4H3. The van der Waals surface area contributed by atoms with Crippen LogP contribution in [0.15, 0.2) is 11.1 Å². The molecule has 20 heavy (non-hydrogen) atoms. The molecule has 114 valence electrons. The number of aliphatic hydroxyl groups is 1. The molecule has 1 aromatic rings. The SMILES string of the molecule is Cc1cc(SC2CCCC(CO)(NC(C)C)C2)n(C)n1. The van der Waals surface area contributed by atoms with Crippen LogP contribution in [0.3, 0.4) is 0 Å². The number of thioether (sulfide) groups is 1. The lowest BCUT2D eigenvalue weighted by atomic mass is 9.81. The first kappa shape index (κ1) is 15.9. The summed E-state index contributed by atoms with van der Waals surface area (Å²) in [4.78, 5) is 0. The molecule has 0 radical (unpaired) electrons. The lowest BCUT2D eigenvalue weighted by molar-refractivity contribution is 0.115. The van der Waals surface area contributed by atoms with Crippen LogP contribution in [-0.2, 0) is 7.05 Å². The van der Waals surface area contributed by atoms with Crippen molar-refractivity contribution in [1.29, 1.82) is 0 Å². The van der Waals surface area contributed by atoms with Gasteiger partial charge < -0.3 is 10.4 Å². The first-order chi connectivity index (χ1) is 9.44. The Hall–Kier alpha value is -0.520. The Morgan fingerprint density at radius 1 is 1.60 bits per heavy atom. The van der Waals surface area contributed by atoms with Crippen LogP contribution in [0.4, 0.5) is 0 Å². The summed E-state index contributed by atoms with van der Waals surface area (Å²) < 4.78 is 1.96. The van der Waals surface area contributed by atoms with Crippen LogP contribution in [-0.4, -0.2) is 38.3 Å². The van der Waals surface area contributed by atoms with Gasteiger partial charge in [0.15, 0.2) is 0 Å². The highest BCUT2D eigenvalue weighted by molar-refractivity contribution is 7.99. The van der Waals surface area contributed by atoms with Gasteiger partial charge in [0.25, 0.3) is 0 Å². The zero-order chi connectivity index (χ0) is 14.8. The molecular formula is C15H27N3OS. The van der Waals surface area contributed by atoms with Gasteiger partial charge >= 0.3 is 0 Å². The molecule has 4 nitrogen and oxygen atoms in total. The summed E-state index contributed by atoms with van der Waals surface area (Å²) in [5.41, 5.74) is 0.970. The van der Waals surface area contributed by atoms with E-state index >= 15 is 0 Å². The summed E-state index contributed by atoms with van der Waals surface area (Å²) in [5, 5.41) is 19.6. The molecule has 1 aliphatic carbocycles. The molecule has 5 heteroatoms. The summed E-state index contributed by atoms with van der Waals surface area (Å²) in [6.45, 7) is 6.56. The lowest BCUT2D eigenvalue weighted by Gasteiger charge is -2.41. The van der Waals surface area contributed by atoms with Crippen LogP contribution in [0.25, 0.3) is 0 Å². The molecule has 1 saturated carbocycles. The molecule has 2 atom stereocenters. The van der Waals surface area contributed by atoms with Gasteiger partial charge in [0.05, 0.1) is 17.3 Å². The highest BCUT2D eigenvalue weighted by atomic mass is 32.2. The van der Waals surface area contributed by atoms with Crippen LogP contribution >= 0.6 is 11.8 Å². The van der Waals surface area contributed by atoms with Gasteiger partial charge in [-0.2, -0.15) is 5.10 Å². The van der Waals surface area contributed by atoms with E-state index in [1.165, 1.54) is 17.9 Å². The van der Waals surface area contributed by atoms with Crippen molar-refractivity contribution < 1.29 is 5.11 Å². The number of hydrogen-bond donors (Lipinski definition) is 2. The average Bonchev–Trinajstić information content (AvgIpc) is 2.67. The Bertz CT molecular complexity index is 446. The lowest BCUT2D eigenvalue weighted by Crippen LogP contribution is -2.54. The van der Waals surface area contributed by atoms with Crippen LogP contribution in [0.2, 0.25) is 0 Å². The maximum absolute atomic E-state index is 9.84. The highest BCUT2D eigenvalue weighted by Gasteiger charge is 2.36. The number of rotatable bonds is 5. The molecule has 2 rings (SSSR count). The van der Waals surface area contributed by atoms with Gasteiger partial charge in [-0.25, -0.2) is 0 Å². The second-order valence-electron chi connectivity index (χ2n) is 6.32. The molecule has 0 spiro atoms. The van der Waals surface area contributed by atoms with Crippen molar-refractivity contribution in [3.63, 3.8) is 0 Å². The van der Waals surface area contributed by atoms with E-state index in [2.05, 4.69) is 30.3 Å². The van der Waals surface area contributed by atoms with Gasteiger partial charge in [0, 0.05) is 23.9 Å². The molecule has 2 N–H and O–H groups in total. The zero-order valence-electron chi connectivity index (χ0n) is 13.0. The van der Waals surface area contributed by atoms with Crippen LogP contribution in [0.1, 0.15) is 45.2 Å². The van der Waals surface area contributed by atoms with Crippen LogP contribution < -0.4 is 5.32 Å². The topological polar surface area (TPSA) is 50.1 Å². The van der Waals surface area contributed by atoms with Crippen molar-refractivity contribution >= 4 is 11.8 Å². The second kappa shape index (κ2) is 6.50. The maximum Gasteiger partial charge on any atom is 0.0942 e. The van der Waals surface area contributed by atoms with Gasteiger partial charge in [-0.15, -0.1) is 11.8 Å². The summed E-state index contributed by atoms with van der Waals surface area (Å²) in [5.74, 6) is 0. The van der Waals surface area contributed by atoms with Crippen molar-refractivity contribution in [3.8, 4) is 0 Å². The third-order valence-corrected chi connectivity index (χ3v) is 5.30. The van der Waals surface area contributed by atoms with E-state index < -0.39 is 0 Å². The van der Waals surface area contributed by atoms with Gasteiger partial charge in [0.2, 0.25) is 0 Å². The van der Waals surface area contributed by atoms with Gasteiger partial charge in [0.1, 0.15) is 0 Å². The normalized spacial score (nSPS) is 27.2. The summed E-state index contributed by atoms with van der Waals surface area (Å²) in [6.07, 6.45) is 4.49. The van der Waals surface area contributed by atoms with Gasteiger partial charge in [-0.05, 0) is 32.3 Å². The van der Waals surface area contributed by atoms with Crippen molar-refractivity contribution in [3.05, 3.63) is 11.8 Å². The van der Waals surface area contributed by atoms with Gasteiger partial charge in [-0.3, -0.25) is 4.68 Å². The number of aryl methyl sites for hydroxylation is 2. The minimum Gasteiger partial charge on any atom is -0.394 e. The molecule has 1 heterocycles. The minimum absolute atomic E-state index is 0.0995. The van der Waals surface area contributed by atoms with Gasteiger partial charge in [-0.1, -0.05) is 20.3 Å². The Kier molecular flexibility index (Phi) is 5.15. The molecule has 0 saturated heterocycles. The summed E-state index contributed by atoms with van der Waals surface area (Å²) in [7, 11) is 2.00. The molecule has 1 fully saturated rings. The average molecular weight is 297 g/mol. The third kappa shape index (κ3) is 3.77. The van der Waals surface area contributed by atoms with E-state index in [9.17, 15) is 5.11 Å². The van der Waals surface area contributed by atoms with Crippen LogP contribution in [0.5, 0.6) is 0 Å². The summed E-state index contributed by atoms with van der Waals surface area (Å²) >= 11 is 1.91. The fourth-order valence-corrected chi connectivity index (χ4v) is 4.67. The van der Waals surface area contributed by atoms with Crippen molar-refractivity contribution in [2.75, 3.05) is 6.61 Å². The van der Waals surface area contributed by atoms with E-state index in [-0.39, 0.29) is 12.1 Å². The fraction of sp³-hybridized carbons (Fsp3) is 0.800. The fourth-order valence-electron chi connectivity index (χ4n) is 3.21. The van der Waals surface area contributed by atoms with Crippen molar-refractivity contribution in [2.24, 2.45) is 7.05 Å². The van der Waals surface area contributed by atoms with Crippen molar-refractivity contribution in [1.82, 2.24) is 15.1 Å². The van der Waals surface area contributed by atoms with E-state index in [1.54, 1.807) is 0 Å². The smallest absolute Gasteiger partial charge is 0.0942 e. The third-order valence-electron chi connectivity index (χ3n) is 3.94. The number of aliphatic hydroxyl groups excluding tert-OH is 1. The monoisotopic (exact) mass is 297 g/mol. The molecule has 0 aliphatic heterocycles. The Balaban J connectivity index is 2.04. The van der Waals surface area contributed by atoms with E-state index in [0.717, 1.165) is 18.5 Å². The Morgan fingerprint density at radius 2 is 2.35 bits per heavy atom. The summed E-state index contributed by atoms with van der Waals surface area (Å²) in [6, 6.07) is 2.56. The minimum atomic E-state index is -0.0995. The van der Waals surface area contributed by atoms with E-state index in [0.29, 0.717) is 11.3 Å². The molecule has 1 aliphatic rings. The van der Waals surface area contributed by atoms with E-state index in [4.69, 9.17) is 0 Å². The number of nitrogens with one attached hydrogen (secondary N) is 1. The molecule has 2 unspecified atom stereocenters. The maximum atomic E-state index is 9.84. The predicted molar refractivity (Wildman–Crippen MR) is 84.1 cm³/mol. The molecule has 0 aromatic carbocycles. The largest absolute Gasteiger partial charge is 0.394 e. The quantitative estimate of drug-likeness (QED) is 0.877. The molecule has 0 amide bonds. The van der Waals surface area contributed by atoms with E-state index in [1.807, 2.05) is 30.4 Å². The highest BCUT2D eigenvalue weighted by Crippen LogP contribution is 2.38.